The summed E-state index contributed by atoms with van der Waals surface area (Å²) in [6, 6.07) is 16.3. The van der Waals surface area contributed by atoms with Crippen molar-refractivity contribution in [1.29, 1.82) is 0 Å². The number of aromatic nitrogens is 2. The summed E-state index contributed by atoms with van der Waals surface area (Å²) in [4.78, 5) is 4.08. The van der Waals surface area contributed by atoms with E-state index >= 15 is 0 Å². The molecule has 0 aliphatic carbocycles. The minimum absolute atomic E-state index is 0.0948. The Morgan fingerprint density at radius 1 is 1.00 bits per heavy atom. The highest BCUT2D eigenvalue weighted by Gasteiger charge is 2.57. The van der Waals surface area contributed by atoms with E-state index in [4.69, 9.17) is 4.74 Å². The Hall–Kier alpha value is -2.68. The van der Waals surface area contributed by atoms with Gasteiger partial charge in [-0.1, -0.05) is 36.4 Å². The first kappa shape index (κ1) is 19.3. The zero-order chi connectivity index (χ0) is 20.9. The largest absolute Gasteiger partial charge is 0.497 e. The quantitative estimate of drug-likeness (QED) is 0.680. The second kappa shape index (κ2) is 7.23. The Kier molecular flexibility index (Phi) is 4.65. The number of nitrogens with zero attached hydrogens (tertiary/aromatic N) is 3. The monoisotopic (exact) mass is 424 g/mol. The molecule has 0 amide bonds. The summed E-state index contributed by atoms with van der Waals surface area (Å²) in [5.74, 6) is 1.02. The third kappa shape index (κ3) is 3.03. The van der Waals surface area contributed by atoms with Crippen molar-refractivity contribution in [1.82, 2.24) is 19.2 Å². The second-order valence-electron chi connectivity index (χ2n) is 7.88. The van der Waals surface area contributed by atoms with Crippen LogP contribution in [0.1, 0.15) is 11.5 Å². The Morgan fingerprint density at radius 2 is 1.60 bits per heavy atom. The van der Waals surface area contributed by atoms with Crippen molar-refractivity contribution in [3.8, 4) is 16.9 Å². The van der Waals surface area contributed by atoms with Gasteiger partial charge in [-0.15, -0.1) is 0 Å². The highest BCUT2D eigenvalue weighted by Crippen LogP contribution is 2.45. The average molecular weight is 425 g/mol. The number of ether oxygens (including phenoxy) is 1. The van der Waals surface area contributed by atoms with E-state index in [9.17, 15) is 8.42 Å². The molecule has 3 aromatic rings. The number of fused-ring (bicyclic) bond motifs is 2. The van der Waals surface area contributed by atoms with Gasteiger partial charge >= 0.3 is 0 Å². The summed E-state index contributed by atoms with van der Waals surface area (Å²) in [5, 5.41) is 3.47. The number of hydrogen-bond donors (Lipinski definition) is 1. The van der Waals surface area contributed by atoms with Crippen LogP contribution in [-0.4, -0.2) is 54.6 Å². The van der Waals surface area contributed by atoms with Crippen molar-refractivity contribution in [3.05, 3.63) is 66.6 Å². The minimum atomic E-state index is -3.59. The standard InChI is InChI=1S/C22H24N4O3S/c1-25-13-21(24-14-25)30(27,28)26-19-11-23-12-20(26)22(19)17-5-3-15(4-6-17)16-7-9-18(29-2)10-8-16/h3-10,13-14,19-20,22-23H,11-12H2,1-2H3/t19-,20+,22?. The lowest BCUT2D eigenvalue weighted by Crippen LogP contribution is -2.73. The lowest BCUT2D eigenvalue weighted by atomic mass is 9.74. The van der Waals surface area contributed by atoms with E-state index in [-0.39, 0.29) is 23.0 Å². The van der Waals surface area contributed by atoms with E-state index in [1.807, 2.05) is 24.3 Å². The summed E-state index contributed by atoms with van der Waals surface area (Å²) in [5.41, 5.74) is 3.43. The van der Waals surface area contributed by atoms with Crippen LogP contribution in [0.3, 0.4) is 0 Å². The Bertz CT molecular complexity index is 1140. The minimum Gasteiger partial charge on any atom is -0.497 e. The van der Waals surface area contributed by atoms with Crippen LogP contribution in [-0.2, 0) is 17.1 Å². The fourth-order valence-electron chi connectivity index (χ4n) is 4.64. The van der Waals surface area contributed by atoms with Crippen molar-refractivity contribution in [2.75, 3.05) is 20.2 Å². The first-order valence-electron chi connectivity index (χ1n) is 9.95. The van der Waals surface area contributed by atoms with Crippen molar-refractivity contribution in [2.45, 2.75) is 23.0 Å². The molecule has 3 atom stereocenters. The lowest BCUT2D eigenvalue weighted by Gasteiger charge is -2.57. The van der Waals surface area contributed by atoms with Gasteiger partial charge in [0, 0.05) is 44.3 Å². The van der Waals surface area contributed by atoms with E-state index in [2.05, 4.69) is 34.6 Å². The van der Waals surface area contributed by atoms with Gasteiger partial charge in [0.15, 0.2) is 5.03 Å². The zero-order valence-corrected chi connectivity index (χ0v) is 17.7. The summed E-state index contributed by atoms with van der Waals surface area (Å²) in [6.07, 6.45) is 3.09. The highest BCUT2D eigenvalue weighted by atomic mass is 32.2. The number of benzene rings is 2. The molecule has 1 unspecified atom stereocenters. The zero-order valence-electron chi connectivity index (χ0n) is 16.9. The molecule has 1 aromatic heterocycles. The molecule has 0 radical (unpaired) electrons. The molecular weight excluding hydrogens is 400 g/mol. The smallest absolute Gasteiger partial charge is 0.262 e. The number of piperidine rings is 1. The maximum absolute atomic E-state index is 13.1. The molecule has 7 nitrogen and oxygen atoms in total. The van der Waals surface area contributed by atoms with Crippen molar-refractivity contribution >= 4 is 10.0 Å². The predicted molar refractivity (Wildman–Crippen MR) is 114 cm³/mol. The Morgan fingerprint density at radius 3 is 2.13 bits per heavy atom. The number of aryl methyl sites for hydroxylation is 1. The third-order valence-electron chi connectivity index (χ3n) is 6.13. The first-order valence-corrected chi connectivity index (χ1v) is 11.4. The van der Waals surface area contributed by atoms with Gasteiger partial charge in [-0.25, -0.2) is 13.4 Å². The van der Waals surface area contributed by atoms with Crippen LogP contribution >= 0.6 is 0 Å². The number of rotatable bonds is 5. The number of sulfonamides is 1. The van der Waals surface area contributed by atoms with Gasteiger partial charge in [0.25, 0.3) is 10.0 Å². The lowest BCUT2D eigenvalue weighted by molar-refractivity contribution is 0.0368. The summed E-state index contributed by atoms with van der Waals surface area (Å²) in [6.45, 7) is 1.29. The van der Waals surface area contributed by atoms with Gasteiger partial charge in [-0.2, -0.15) is 4.31 Å². The maximum atomic E-state index is 13.1. The molecular formula is C22H24N4O3S. The molecule has 1 N–H and O–H groups in total. The van der Waals surface area contributed by atoms with Gasteiger partial charge in [-0.05, 0) is 28.8 Å². The van der Waals surface area contributed by atoms with Crippen LogP contribution in [0, 0.1) is 0 Å². The maximum Gasteiger partial charge on any atom is 0.262 e. The topological polar surface area (TPSA) is 76.5 Å². The summed E-state index contributed by atoms with van der Waals surface area (Å²) in [7, 11) is -0.156. The van der Waals surface area contributed by atoms with E-state index in [0.29, 0.717) is 13.1 Å². The third-order valence-corrected chi connectivity index (χ3v) is 7.97. The summed E-state index contributed by atoms with van der Waals surface area (Å²) >= 11 is 0. The van der Waals surface area contributed by atoms with E-state index in [0.717, 1.165) is 16.9 Å². The first-order chi connectivity index (χ1) is 14.5. The van der Waals surface area contributed by atoms with Crippen molar-refractivity contribution in [2.24, 2.45) is 7.05 Å². The molecule has 30 heavy (non-hydrogen) atoms. The average Bonchev–Trinajstić information content (AvgIpc) is 3.22. The van der Waals surface area contributed by atoms with E-state index in [1.165, 1.54) is 11.9 Å². The SMILES string of the molecule is COc1ccc(-c2ccc(C3[C@H]4CNC[C@@H]3N4S(=O)(=O)c3cn(C)cn3)cc2)cc1. The molecule has 3 heterocycles. The number of piperazine rings is 1. The van der Waals surface area contributed by atoms with Crippen LogP contribution < -0.4 is 10.1 Å². The Balaban J connectivity index is 1.39. The molecule has 2 fully saturated rings. The predicted octanol–water partition coefficient (Wildman–Crippen LogP) is 2.22. The second-order valence-corrected chi connectivity index (χ2v) is 9.67. The van der Waals surface area contributed by atoms with Gasteiger partial charge in [0.1, 0.15) is 5.75 Å². The van der Waals surface area contributed by atoms with Gasteiger partial charge in [0.2, 0.25) is 0 Å². The molecule has 156 valence electrons. The van der Waals surface area contributed by atoms with Crippen molar-refractivity contribution in [3.63, 3.8) is 0 Å². The van der Waals surface area contributed by atoms with Crippen molar-refractivity contribution < 1.29 is 13.2 Å². The number of hydrogen-bond acceptors (Lipinski definition) is 5. The normalized spacial score (nSPS) is 23.7. The molecule has 2 aliphatic rings. The van der Waals surface area contributed by atoms with Crippen LogP contribution in [0.15, 0.2) is 66.1 Å². The number of methoxy groups -OCH3 is 1. The summed E-state index contributed by atoms with van der Waals surface area (Å²) < 4.78 is 34.8. The van der Waals surface area contributed by atoms with Crippen LogP contribution in [0.4, 0.5) is 0 Å². The molecule has 8 heteroatoms. The molecule has 2 bridgehead atoms. The molecule has 2 aliphatic heterocycles. The van der Waals surface area contributed by atoms with Crippen LogP contribution in [0.25, 0.3) is 11.1 Å². The number of imidazole rings is 1. The van der Waals surface area contributed by atoms with Crippen LogP contribution in [0.5, 0.6) is 5.75 Å². The molecule has 2 aromatic carbocycles. The Labute approximate surface area is 176 Å². The highest BCUT2D eigenvalue weighted by molar-refractivity contribution is 7.89. The van der Waals surface area contributed by atoms with Gasteiger partial charge < -0.3 is 14.6 Å². The number of nitrogens with one attached hydrogen (secondary N) is 1. The molecule has 2 saturated heterocycles. The van der Waals surface area contributed by atoms with Crippen LogP contribution in [0.2, 0.25) is 0 Å². The molecule has 5 rings (SSSR count). The molecule has 0 spiro atoms. The molecule has 0 saturated carbocycles. The van der Waals surface area contributed by atoms with Gasteiger partial charge in [-0.3, -0.25) is 0 Å². The fraction of sp³-hybridized carbons (Fsp3) is 0.318. The van der Waals surface area contributed by atoms with E-state index in [1.54, 1.807) is 29.2 Å². The fourth-order valence-corrected chi connectivity index (χ4v) is 6.46. The van der Waals surface area contributed by atoms with Gasteiger partial charge in [0.05, 0.1) is 13.4 Å². The van der Waals surface area contributed by atoms with E-state index < -0.39 is 10.0 Å².